The first-order chi connectivity index (χ1) is 8.41. The highest BCUT2D eigenvalue weighted by Crippen LogP contribution is 2.26. The van der Waals surface area contributed by atoms with Crippen LogP contribution in [0.4, 0.5) is 17.1 Å². The van der Waals surface area contributed by atoms with Crippen LogP contribution in [0.3, 0.4) is 0 Å². The molecule has 6 nitrogen and oxygen atoms in total. The highest BCUT2D eigenvalue weighted by atomic mass is 16.6. The molecule has 0 heterocycles. The maximum atomic E-state index is 10.6. The van der Waals surface area contributed by atoms with Gasteiger partial charge in [-0.3, -0.25) is 10.1 Å². The van der Waals surface area contributed by atoms with Crippen molar-refractivity contribution >= 4 is 17.1 Å². The van der Waals surface area contributed by atoms with Gasteiger partial charge in [0.25, 0.3) is 5.69 Å². The monoisotopic (exact) mass is 252 g/mol. The smallest absolute Gasteiger partial charge is 0.271 e. The zero-order valence-corrected chi connectivity index (χ0v) is 11.1. The molecule has 0 atom stereocenters. The summed E-state index contributed by atoms with van der Waals surface area (Å²) in [5, 5.41) is 10.6. The highest BCUT2D eigenvalue weighted by Gasteiger charge is 2.11. The molecule has 0 aromatic heterocycles. The molecule has 0 aliphatic carbocycles. The molecule has 0 radical (unpaired) electrons. The first kappa shape index (κ1) is 14.2. The molecule has 100 valence electrons. The van der Waals surface area contributed by atoms with E-state index in [4.69, 9.17) is 5.73 Å². The van der Waals surface area contributed by atoms with Gasteiger partial charge in [-0.2, -0.15) is 0 Å². The van der Waals surface area contributed by atoms with Gasteiger partial charge in [-0.25, -0.2) is 0 Å². The summed E-state index contributed by atoms with van der Waals surface area (Å²) in [4.78, 5) is 14.3. The highest BCUT2D eigenvalue weighted by molar-refractivity contribution is 5.70. The Morgan fingerprint density at radius 3 is 2.44 bits per heavy atom. The molecule has 6 heteroatoms. The summed E-state index contributed by atoms with van der Waals surface area (Å²) >= 11 is 0. The van der Waals surface area contributed by atoms with E-state index in [9.17, 15) is 10.1 Å². The lowest BCUT2D eigenvalue weighted by atomic mass is 10.2. The zero-order valence-electron chi connectivity index (χ0n) is 11.1. The van der Waals surface area contributed by atoms with Gasteiger partial charge in [0.15, 0.2) is 0 Å². The fourth-order valence-electron chi connectivity index (χ4n) is 1.75. The van der Waals surface area contributed by atoms with Crippen molar-refractivity contribution in [1.82, 2.24) is 4.90 Å². The van der Waals surface area contributed by atoms with Crippen LogP contribution in [0.2, 0.25) is 0 Å². The van der Waals surface area contributed by atoms with Crippen molar-refractivity contribution in [3.63, 3.8) is 0 Å². The molecule has 18 heavy (non-hydrogen) atoms. The molecule has 0 aliphatic heterocycles. The molecule has 0 saturated heterocycles. The average Bonchev–Trinajstić information content (AvgIpc) is 2.27. The van der Waals surface area contributed by atoms with Crippen molar-refractivity contribution in [2.75, 3.05) is 44.9 Å². The van der Waals surface area contributed by atoms with Gasteiger partial charge in [0.1, 0.15) is 0 Å². The summed E-state index contributed by atoms with van der Waals surface area (Å²) in [6.45, 7) is 1.86. The fraction of sp³-hybridized carbons (Fsp3) is 0.500. The van der Waals surface area contributed by atoms with Gasteiger partial charge < -0.3 is 15.5 Å². The largest absolute Gasteiger partial charge is 0.397 e. The summed E-state index contributed by atoms with van der Waals surface area (Å²) in [7, 11) is 5.99. The lowest BCUT2D eigenvalue weighted by molar-refractivity contribution is -0.384. The lowest BCUT2D eigenvalue weighted by Gasteiger charge is -2.21. The van der Waals surface area contributed by atoms with Crippen LogP contribution in [0.1, 0.15) is 6.42 Å². The normalized spacial score (nSPS) is 10.7. The quantitative estimate of drug-likeness (QED) is 0.472. The zero-order chi connectivity index (χ0) is 13.7. The Morgan fingerprint density at radius 2 is 1.94 bits per heavy atom. The van der Waals surface area contributed by atoms with Gasteiger partial charge in [-0.05, 0) is 33.1 Å². The minimum Gasteiger partial charge on any atom is -0.397 e. The lowest BCUT2D eigenvalue weighted by Crippen LogP contribution is -2.24. The van der Waals surface area contributed by atoms with E-state index < -0.39 is 4.92 Å². The van der Waals surface area contributed by atoms with Crippen molar-refractivity contribution in [3.05, 3.63) is 28.3 Å². The third-order valence-electron chi connectivity index (χ3n) is 2.73. The van der Waals surface area contributed by atoms with Crippen LogP contribution >= 0.6 is 0 Å². The van der Waals surface area contributed by atoms with Crippen LogP contribution in [0.5, 0.6) is 0 Å². The van der Waals surface area contributed by atoms with Gasteiger partial charge in [0.05, 0.1) is 16.3 Å². The Morgan fingerprint density at radius 1 is 1.28 bits per heavy atom. The fourth-order valence-corrected chi connectivity index (χ4v) is 1.75. The Kier molecular flexibility index (Phi) is 4.91. The van der Waals surface area contributed by atoms with E-state index in [1.807, 2.05) is 26.0 Å². The molecule has 1 aromatic carbocycles. The van der Waals surface area contributed by atoms with E-state index in [-0.39, 0.29) is 5.69 Å². The second kappa shape index (κ2) is 6.20. The number of non-ortho nitro benzene ring substituents is 1. The van der Waals surface area contributed by atoms with E-state index in [1.54, 1.807) is 6.07 Å². The summed E-state index contributed by atoms with van der Waals surface area (Å²) in [5.41, 5.74) is 7.13. The first-order valence-electron chi connectivity index (χ1n) is 5.81. The van der Waals surface area contributed by atoms with Crippen LogP contribution < -0.4 is 10.6 Å². The molecule has 0 aliphatic rings. The second-order valence-electron chi connectivity index (χ2n) is 4.58. The maximum absolute atomic E-state index is 10.6. The molecular formula is C12H20N4O2. The Hall–Kier alpha value is -1.82. The van der Waals surface area contributed by atoms with Crippen LogP contribution in [-0.2, 0) is 0 Å². The van der Waals surface area contributed by atoms with Gasteiger partial charge >= 0.3 is 0 Å². The minimum atomic E-state index is -0.438. The third kappa shape index (κ3) is 3.89. The Bertz CT molecular complexity index is 421. The van der Waals surface area contributed by atoms with Crippen molar-refractivity contribution in [2.45, 2.75) is 6.42 Å². The summed E-state index contributed by atoms with van der Waals surface area (Å²) in [6, 6.07) is 4.58. The number of nitrogens with two attached hydrogens (primary N) is 1. The van der Waals surface area contributed by atoms with Crippen LogP contribution in [-0.4, -0.2) is 44.1 Å². The Balaban J connectivity index is 2.68. The molecule has 0 bridgehead atoms. The number of hydrogen-bond acceptors (Lipinski definition) is 5. The second-order valence-corrected chi connectivity index (χ2v) is 4.58. The van der Waals surface area contributed by atoms with E-state index in [2.05, 4.69) is 4.90 Å². The van der Waals surface area contributed by atoms with Crippen LogP contribution in [0, 0.1) is 10.1 Å². The third-order valence-corrected chi connectivity index (χ3v) is 2.73. The summed E-state index contributed by atoms with van der Waals surface area (Å²) < 4.78 is 0. The van der Waals surface area contributed by atoms with Crippen molar-refractivity contribution in [3.8, 4) is 0 Å². The van der Waals surface area contributed by atoms with Gasteiger partial charge in [0, 0.05) is 25.7 Å². The van der Waals surface area contributed by atoms with E-state index in [0.29, 0.717) is 5.69 Å². The number of hydrogen-bond donors (Lipinski definition) is 1. The van der Waals surface area contributed by atoms with Crippen molar-refractivity contribution in [1.29, 1.82) is 0 Å². The molecule has 0 fully saturated rings. The molecule has 2 N–H and O–H groups in total. The SMILES string of the molecule is CN(C)CCCN(C)c1ccc([N+](=O)[O-])cc1N. The van der Waals surface area contributed by atoms with Crippen LogP contribution in [0.15, 0.2) is 18.2 Å². The molecule has 0 spiro atoms. The van der Waals surface area contributed by atoms with Crippen LogP contribution in [0.25, 0.3) is 0 Å². The minimum absolute atomic E-state index is 0.0259. The number of rotatable bonds is 6. The molecule has 0 amide bonds. The number of nitrogen functional groups attached to an aromatic ring is 1. The number of anilines is 2. The predicted molar refractivity (Wildman–Crippen MR) is 73.9 cm³/mol. The van der Waals surface area contributed by atoms with Gasteiger partial charge in [-0.15, -0.1) is 0 Å². The van der Waals surface area contributed by atoms with E-state index >= 15 is 0 Å². The van der Waals surface area contributed by atoms with Gasteiger partial charge in [-0.1, -0.05) is 0 Å². The number of nitro groups is 1. The van der Waals surface area contributed by atoms with Gasteiger partial charge in [0.2, 0.25) is 0 Å². The van der Waals surface area contributed by atoms with Crippen molar-refractivity contribution in [2.24, 2.45) is 0 Å². The average molecular weight is 252 g/mol. The summed E-state index contributed by atoms with van der Waals surface area (Å²) in [5.74, 6) is 0. The number of nitro benzene ring substituents is 1. The molecule has 0 unspecified atom stereocenters. The topological polar surface area (TPSA) is 75.6 Å². The predicted octanol–water partition coefficient (Wildman–Crippen LogP) is 1.56. The molecule has 1 aromatic rings. The standard InChI is InChI=1S/C12H20N4O2/c1-14(2)7-4-8-15(3)12-6-5-10(16(17)18)9-11(12)13/h5-6,9H,4,7-8,13H2,1-3H3. The number of benzene rings is 1. The maximum Gasteiger partial charge on any atom is 0.271 e. The van der Waals surface area contributed by atoms with Crippen molar-refractivity contribution < 1.29 is 4.92 Å². The molecular weight excluding hydrogens is 232 g/mol. The summed E-state index contributed by atoms with van der Waals surface area (Å²) in [6.07, 6.45) is 1.01. The molecule has 0 saturated carbocycles. The Labute approximate surface area is 107 Å². The first-order valence-corrected chi connectivity index (χ1v) is 5.81. The van der Waals surface area contributed by atoms with E-state index in [0.717, 1.165) is 25.2 Å². The number of nitrogens with zero attached hydrogens (tertiary/aromatic N) is 3. The molecule has 1 rings (SSSR count). The van der Waals surface area contributed by atoms with E-state index in [1.165, 1.54) is 12.1 Å².